The molecule has 0 N–H and O–H groups in total. The Balaban J connectivity index is 3.68. The van der Waals surface area contributed by atoms with Crippen LogP contribution in [0.2, 0.25) is 0 Å². The molecule has 1 atom stereocenters. The quantitative estimate of drug-likeness (QED) is 0.545. The molecule has 0 amide bonds. The number of rotatable bonds is 3. The molecule has 0 radical (unpaired) electrons. The summed E-state index contributed by atoms with van der Waals surface area (Å²) in [6.45, 7) is 25.9. The highest BCUT2D eigenvalue weighted by Gasteiger charge is 2.39. The molecule has 0 aliphatic carbocycles. The van der Waals surface area contributed by atoms with E-state index in [9.17, 15) is 0 Å². The van der Waals surface area contributed by atoms with Gasteiger partial charge in [-0.05, 0) is 44.8 Å². The highest BCUT2D eigenvalue weighted by atomic mass is 14.4. The van der Waals surface area contributed by atoms with Gasteiger partial charge in [0, 0.05) is 0 Å². The maximum absolute atomic E-state index is 2.48. The molecule has 0 aliphatic heterocycles. The van der Waals surface area contributed by atoms with Crippen molar-refractivity contribution in [2.24, 2.45) is 5.41 Å². The summed E-state index contributed by atoms with van der Waals surface area (Å²) in [7, 11) is 0. The van der Waals surface area contributed by atoms with E-state index in [-0.39, 0.29) is 21.7 Å². The third-order valence-electron chi connectivity index (χ3n) is 5.71. The SMILES string of the molecule is CCCC(C)(c1cc(C(C)(C)C)cc(C(C)(C)C)c1)C(C)(C)C. The van der Waals surface area contributed by atoms with Crippen LogP contribution in [0.4, 0.5) is 0 Å². The minimum absolute atomic E-state index is 0.182. The minimum Gasteiger partial charge on any atom is -0.0654 e. The predicted molar refractivity (Wildman–Crippen MR) is 106 cm³/mol. The molecule has 0 heteroatoms. The molecule has 0 fully saturated rings. The highest BCUT2D eigenvalue weighted by molar-refractivity contribution is 5.41. The highest BCUT2D eigenvalue weighted by Crippen LogP contribution is 2.46. The molecule has 0 aromatic heterocycles. The average molecular weight is 317 g/mol. The second-order valence-electron chi connectivity index (χ2n) is 10.6. The first kappa shape index (κ1) is 20.3. The zero-order chi connectivity index (χ0) is 18.3. The third-order valence-corrected chi connectivity index (χ3v) is 5.71. The molecule has 1 unspecified atom stereocenters. The lowest BCUT2D eigenvalue weighted by Crippen LogP contribution is -2.37. The Morgan fingerprint density at radius 2 is 0.957 bits per heavy atom. The van der Waals surface area contributed by atoms with Crippen molar-refractivity contribution >= 4 is 0 Å². The fourth-order valence-electron chi connectivity index (χ4n) is 3.26. The molecule has 0 saturated carbocycles. The Bertz CT molecular complexity index is 496. The molecule has 0 heterocycles. The molecule has 1 aromatic rings. The van der Waals surface area contributed by atoms with E-state index in [1.165, 1.54) is 29.5 Å². The lowest BCUT2D eigenvalue weighted by Gasteiger charge is -2.44. The molecule has 0 nitrogen and oxygen atoms in total. The number of hydrogen-bond donors (Lipinski definition) is 0. The van der Waals surface area contributed by atoms with Gasteiger partial charge in [0.2, 0.25) is 0 Å². The van der Waals surface area contributed by atoms with Crippen molar-refractivity contribution in [1.82, 2.24) is 0 Å². The lowest BCUT2D eigenvalue weighted by atomic mass is 9.60. The van der Waals surface area contributed by atoms with Gasteiger partial charge in [-0.15, -0.1) is 0 Å². The molecule has 0 aliphatic rings. The van der Waals surface area contributed by atoms with Crippen LogP contribution >= 0.6 is 0 Å². The Hall–Kier alpha value is -0.780. The number of hydrogen-bond acceptors (Lipinski definition) is 0. The molecular weight excluding hydrogens is 276 g/mol. The van der Waals surface area contributed by atoms with Crippen LogP contribution in [-0.4, -0.2) is 0 Å². The fourth-order valence-corrected chi connectivity index (χ4v) is 3.26. The van der Waals surface area contributed by atoms with Crippen molar-refractivity contribution in [1.29, 1.82) is 0 Å². The van der Waals surface area contributed by atoms with Crippen LogP contribution in [0.3, 0.4) is 0 Å². The zero-order valence-electron chi connectivity index (χ0n) is 17.6. The smallest absolute Gasteiger partial charge is 0.00267 e. The molecule has 23 heavy (non-hydrogen) atoms. The van der Waals surface area contributed by atoms with Crippen LogP contribution < -0.4 is 0 Å². The van der Waals surface area contributed by atoms with Gasteiger partial charge < -0.3 is 0 Å². The largest absolute Gasteiger partial charge is 0.0654 e. The molecule has 1 aromatic carbocycles. The van der Waals surface area contributed by atoms with Gasteiger partial charge in [-0.25, -0.2) is 0 Å². The zero-order valence-corrected chi connectivity index (χ0v) is 17.6. The second-order valence-corrected chi connectivity index (χ2v) is 10.6. The normalized spacial score (nSPS) is 16.3. The summed E-state index contributed by atoms with van der Waals surface area (Å²) < 4.78 is 0. The molecule has 132 valence electrons. The van der Waals surface area contributed by atoms with E-state index in [0.29, 0.717) is 0 Å². The van der Waals surface area contributed by atoms with E-state index in [2.05, 4.69) is 94.4 Å². The maximum Gasteiger partial charge on any atom is -0.00267 e. The van der Waals surface area contributed by atoms with Gasteiger partial charge in [0.15, 0.2) is 0 Å². The van der Waals surface area contributed by atoms with Crippen LogP contribution in [0.15, 0.2) is 18.2 Å². The molecule has 0 spiro atoms. The van der Waals surface area contributed by atoms with Crippen LogP contribution in [0.5, 0.6) is 0 Å². The topological polar surface area (TPSA) is 0 Å². The van der Waals surface area contributed by atoms with E-state index < -0.39 is 0 Å². The van der Waals surface area contributed by atoms with Crippen LogP contribution in [0, 0.1) is 5.41 Å². The third kappa shape index (κ3) is 4.40. The van der Waals surface area contributed by atoms with E-state index in [4.69, 9.17) is 0 Å². The molecule has 0 saturated heterocycles. The Kier molecular flexibility index (Phi) is 5.52. The summed E-state index contributed by atoms with van der Waals surface area (Å²) in [5, 5.41) is 0. The van der Waals surface area contributed by atoms with E-state index >= 15 is 0 Å². The summed E-state index contributed by atoms with van der Waals surface area (Å²) in [5.41, 5.74) is 5.25. The van der Waals surface area contributed by atoms with Gasteiger partial charge in [-0.1, -0.05) is 101 Å². The van der Waals surface area contributed by atoms with Crippen molar-refractivity contribution in [3.05, 3.63) is 34.9 Å². The van der Waals surface area contributed by atoms with Gasteiger partial charge in [-0.3, -0.25) is 0 Å². The summed E-state index contributed by atoms with van der Waals surface area (Å²) in [4.78, 5) is 0. The van der Waals surface area contributed by atoms with Gasteiger partial charge in [0.25, 0.3) is 0 Å². The summed E-state index contributed by atoms with van der Waals surface area (Å²) >= 11 is 0. The first-order valence-electron chi connectivity index (χ1n) is 9.29. The van der Waals surface area contributed by atoms with Crippen molar-refractivity contribution in [2.75, 3.05) is 0 Å². The Labute approximate surface area is 146 Å². The molecule has 1 rings (SSSR count). The molecule has 0 bridgehead atoms. The van der Waals surface area contributed by atoms with Crippen LogP contribution in [-0.2, 0) is 16.2 Å². The van der Waals surface area contributed by atoms with E-state index in [1.54, 1.807) is 0 Å². The maximum atomic E-state index is 2.48. The average Bonchev–Trinajstić information content (AvgIpc) is 2.35. The van der Waals surface area contributed by atoms with Gasteiger partial charge in [-0.2, -0.15) is 0 Å². The van der Waals surface area contributed by atoms with Crippen molar-refractivity contribution in [3.63, 3.8) is 0 Å². The van der Waals surface area contributed by atoms with Crippen molar-refractivity contribution in [3.8, 4) is 0 Å². The van der Waals surface area contributed by atoms with Crippen molar-refractivity contribution < 1.29 is 0 Å². The summed E-state index contributed by atoms with van der Waals surface area (Å²) in [6.07, 6.45) is 2.45. The van der Waals surface area contributed by atoms with E-state index in [0.717, 1.165) is 0 Å². The first-order chi connectivity index (χ1) is 10.1. The summed E-state index contributed by atoms with van der Waals surface area (Å²) in [6, 6.07) is 7.39. The van der Waals surface area contributed by atoms with Crippen LogP contribution in [0.25, 0.3) is 0 Å². The second kappa shape index (κ2) is 6.26. The lowest BCUT2D eigenvalue weighted by molar-refractivity contribution is 0.187. The first-order valence-corrected chi connectivity index (χ1v) is 9.29. The molecular formula is C23H40. The fraction of sp³-hybridized carbons (Fsp3) is 0.739. The van der Waals surface area contributed by atoms with Gasteiger partial charge in [0.05, 0.1) is 0 Å². The Morgan fingerprint density at radius 1 is 0.609 bits per heavy atom. The minimum atomic E-state index is 0.182. The van der Waals surface area contributed by atoms with Gasteiger partial charge in [0.1, 0.15) is 0 Å². The van der Waals surface area contributed by atoms with Crippen molar-refractivity contribution in [2.45, 2.75) is 105 Å². The standard InChI is InChI=1S/C23H40/c1-12-13-23(11,22(8,9)10)19-15-17(20(2,3)4)14-18(16-19)21(5,6)7/h14-16H,12-13H2,1-11H3. The Morgan fingerprint density at radius 3 is 1.22 bits per heavy atom. The van der Waals surface area contributed by atoms with Crippen LogP contribution in [0.1, 0.15) is 106 Å². The predicted octanol–water partition coefficient (Wildman–Crippen LogP) is 7.39. The number of benzene rings is 1. The summed E-state index contributed by atoms with van der Waals surface area (Å²) in [5.74, 6) is 0. The van der Waals surface area contributed by atoms with E-state index in [1.807, 2.05) is 0 Å². The van der Waals surface area contributed by atoms with Gasteiger partial charge >= 0.3 is 0 Å². The monoisotopic (exact) mass is 316 g/mol.